The summed E-state index contributed by atoms with van der Waals surface area (Å²) < 4.78 is 42.2. The molecule has 0 spiro atoms. The van der Waals surface area contributed by atoms with E-state index in [2.05, 4.69) is 0 Å². The van der Waals surface area contributed by atoms with Crippen LogP contribution >= 0.6 is 0 Å². The van der Waals surface area contributed by atoms with Gasteiger partial charge in [0.15, 0.2) is 0 Å². The van der Waals surface area contributed by atoms with Gasteiger partial charge in [-0.25, -0.2) is 8.78 Å². The Morgan fingerprint density at radius 1 is 0.472 bits per heavy atom. The van der Waals surface area contributed by atoms with Crippen molar-refractivity contribution in [2.75, 3.05) is 14.2 Å². The van der Waals surface area contributed by atoms with Gasteiger partial charge in [0.25, 0.3) is 0 Å². The lowest BCUT2D eigenvalue weighted by atomic mass is 9.92. The molecule has 0 atom stereocenters. The Labute approximate surface area is 210 Å². The zero-order valence-corrected chi connectivity index (χ0v) is 20.7. The second-order valence-electron chi connectivity index (χ2n) is 8.92. The molecule has 5 rings (SSSR count). The molecule has 2 aliphatic carbocycles. The van der Waals surface area contributed by atoms with Gasteiger partial charge < -0.3 is 9.47 Å². The maximum absolute atomic E-state index is 15.9. The number of aryl methyl sites for hydroxylation is 2. The van der Waals surface area contributed by atoms with E-state index in [1.807, 2.05) is 80.6 Å². The van der Waals surface area contributed by atoms with Crippen molar-refractivity contribution < 1.29 is 18.3 Å². The fourth-order valence-corrected chi connectivity index (χ4v) is 4.79. The molecular formula is C32H26F2O2. The Morgan fingerprint density at radius 2 is 0.944 bits per heavy atom. The molecule has 0 aromatic heterocycles. The first-order chi connectivity index (χ1) is 17.4. The van der Waals surface area contributed by atoms with Gasteiger partial charge in [-0.2, -0.15) is 0 Å². The van der Waals surface area contributed by atoms with E-state index in [4.69, 9.17) is 9.47 Å². The van der Waals surface area contributed by atoms with Crippen LogP contribution in [0, 0.1) is 25.5 Å². The molecule has 36 heavy (non-hydrogen) atoms. The predicted molar refractivity (Wildman–Crippen MR) is 142 cm³/mol. The molecule has 0 saturated carbocycles. The van der Waals surface area contributed by atoms with E-state index in [-0.39, 0.29) is 11.6 Å². The van der Waals surface area contributed by atoms with Gasteiger partial charge in [0, 0.05) is 22.3 Å². The lowest BCUT2D eigenvalue weighted by Gasteiger charge is -2.12. The maximum atomic E-state index is 15.9. The molecule has 0 saturated heterocycles. The van der Waals surface area contributed by atoms with E-state index in [0.717, 1.165) is 27.8 Å². The van der Waals surface area contributed by atoms with E-state index in [1.165, 1.54) is 12.1 Å². The van der Waals surface area contributed by atoms with Gasteiger partial charge >= 0.3 is 0 Å². The Kier molecular flexibility index (Phi) is 6.19. The summed E-state index contributed by atoms with van der Waals surface area (Å²) >= 11 is 0. The van der Waals surface area contributed by atoms with Crippen LogP contribution < -0.4 is 9.47 Å². The quantitative estimate of drug-likeness (QED) is 0.250. The summed E-state index contributed by atoms with van der Waals surface area (Å²) in [6.45, 7) is 3.72. The highest BCUT2D eigenvalue weighted by atomic mass is 19.1. The summed E-state index contributed by atoms with van der Waals surface area (Å²) in [5.41, 5.74) is 6.90. The lowest BCUT2D eigenvalue weighted by Crippen LogP contribution is -1.90. The van der Waals surface area contributed by atoms with Crippen molar-refractivity contribution in [3.63, 3.8) is 0 Å². The van der Waals surface area contributed by atoms with Crippen molar-refractivity contribution in [3.8, 4) is 56.0 Å². The van der Waals surface area contributed by atoms with Gasteiger partial charge in [-0.05, 0) is 83.6 Å². The van der Waals surface area contributed by atoms with Crippen molar-refractivity contribution in [1.29, 1.82) is 0 Å². The SMILES string of the molecule is COc1ccc(-c2c3ccc(C)cc(F)c-3c(-c3ccc(OC)cc3)c2-c2ccc(C)cc2F)cc1. The van der Waals surface area contributed by atoms with Crippen molar-refractivity contribution in [2.24, 2.45) is 0 Å². The molecule has 2 aliphatic rings. The number of halogens is 2. The largest absolute Gasteiger partial charge is 0.497 e. The molecule has 0 bridgehead atoms. The van der Waals surface area contributed by atoms with Crippen LogP contribution in [0.3, 0.4) is 0 Å². The Bertz CT molecular complexity index is 1520. The normalized spacial score (nSPS) is 11.1. The van der Waals surface area contributed by atoms with E-state index < -0.39 is 0 Å². The summed E-state index contributed by atoms with van der Waals surface area (Å²) in [7, 11) is 3.21. The molecule has 4 heteroatoms. The maximum Gasteiger partial charge on any atom is 0.131 e. The molecule has 2 nitrogen and oxygen atoms in total. The van der Waals surface area contributed by atoms with Crippen LogP contribution in [-0.2, 0) is 0 Å². The summed E-state index contributed by atoms with van der Waals surface area (Å²) in [5.74, 6) is 0.693. The molecule has 180 valence electrons. The third-order valence-electron chi connectivity index (χ3n) is 6.55. The van der Waals surface area contributed by atoms with Crippen molar-refractivity contribution in [3.05, 3.63) is 108 Å². The second-order valence-corrected chi connectivity index (χ2v) is 8.92. The van der Waals surface area contributed by atoms with Crippen molar-refractivity contribution in [2.45, 2.75) is 13.8 Å². The van der Waals surface area contributed by atoms with E-state index in [1.54, 1.807) is 20.3 Å². The van der Waals surface area contributed by atoms with Crippen molar-refractivity contribution in [1.82, 2.24) is 0 Å². The Balaban J connectivity index is 1.97. The predicted octanol–water partition coefficient (Wildman–Crippen LogP) is 8.70. The van der Waals surface area contributed by atoms with Crippen LogP contribution in [0.25, 0.3) is 44.5 Å². The zero-order chi connectivity index (χ0) is 25.4. The van der Waals surface area contributed by atoms with Crippen molar-refractivity contribution >= 4 is 0 Å². The lowest BCUT2D eigenvalue weighted by molar-refractivity contribution is 0.415. The van der Waals surface area contributed by atoms with Crippen LogP contribution in [0.1, 0.15) is 11.1 Å². The zero-order valence-electron chi connectivity index (χ0n) is 20.7. The fraction of sp³-hybridized carbons (Fsp3) is 0.125. The standard InChI is InChI=1S/C32H26F2O2/c1-19-5-15-25(27(33)17-19)32-29(21-7-11-23(35-3)12-8-21)26-16-6-20(2)18-28(34)31(26)30(32)22-9-13-24(36-4)14-10-22/h5-18H,1-4H3. The van der Waals surface area contributed by atoms with Crippen LogP contribution in [0.5, 0.6) is 11.5 Å². The van der Waals surface area contributed by atoms with Gasteiger partial charge in [0.2, 0.25) is 0 Å². The minimum atomic E-state index is -0.355. The monoisotopic (exact) mass is 480 g/mol. The average molecular weight is 481 g/mol. The molecular weight excluding hydrogens is 454 g/mol. The third kappa shape index (κ3) is 4.09. The number of hydrogen-bond donors (Lipinski definition) is 0. The first-order valence-electron chi connectivity index (χ1n) is 11.7. The summed E-state index contributed by atoms with van der Waals surface area (Å²) in [4.78, 5) is 0. The van der Waals surface area contributed by atoms with Gasteiger partial charge in [0.1, 0.15) is 23.1 Å². The number of rotatable bonds is 5. The smallest absolute Gasteiger partial charge is 0.131 e. The highest BCUT2D eigenvalue weighted by Gasteiger charge is 2.29. The van der Waals surface area contributed by atoms with E-state index in [9.17, 15) is 0 Å². The molecule has 0 N–H and O–H groups in total. The fourth-order valence-electron chi connectivity index (χ4n) is 4.79. The second kappa shape index (κ2) is 9.46. The Hall–Kier alpha value is -4.18. The first-order valence-corrected chi connectivity index (χ1v) is 11.7. The minimum Gasteiger partial charge on any atom is -0.497 e. The minimum absolute atomic E-state index is 0.351. The molecule has 0 radical (unpaired) electrons. The van der Waals surface area contributed by atoms with Crippen LogP contribution in [0.15, 0.2) is 84.9 Å². The van der Waals surface area contributed by atoms with Crippen LogP contribution in [0.4, 0.5) is 8.78 Å². The Morgan fingerprint density at radius 3 is 1.44 bits per heavy atom. The topological polar surface area (TPSA) is 18.5 Å². The van der Waals surface area contributed by atoms with E-state index in [0.29, 0.717) is 39.3 Å². The van der Waals surface area contributed by atoms with Gasteiger partial charge in [0.05, 0.1) is 14.2 Å². The average Bonchev–Trinajstić information content (AvgIpc) is 3.14. The van der Waals surface area contributed by atoms with Gasteiger partial charge in [-0.15, -0.1) is 0 Å². The number of fused-ring (bicyclic) bond motifs is 1. The molecule has 0 unspecified atom stereocenters. The van der Waals surface area contributed by atoms with Gasteiger partial charge in [-0.1, -0.05) is 48.5 Å². The van der Waals surface area contributed by atoms with Crippen LogP contribution in [-0.4, -0.2) is 14.2 Å². The molecule has 0 heterocycles. The third-order valence-corrected chi connectivity index (χ3v) is 6.55. The van der Waals surface area contributed by atoms with Crippen LogP contribution in [0.2, 0.25) is 0 Å². The number of methoxy groups -OCH3 is 2. The number of hydrogen-bond acceptors (Lipinski definition) is 2. The molecule has 3 aromatic carbocycles. The van der Waals surface area contributed by atoms with Gasteiger partial charge in [-0.3, -0.25) is 0 Å². The molecule has 0 fully saturated rings. The number of ether oxygens (including phenoxy) is 2. The highest BCUT2D eigenvalue weighted by molar-refractivity contribution is 6.10. The molecule has 0 aliphatic heterocycles. The summed E-state index contributed by atoms with van der Waals surface area (Å²) in [5, 5.41) is 0. The summed E-state index contributed by atoms with van der Waals surface area (Å²) in [6, 6.07) is 25.6. The molecule has 3 aromatic rings. The van der Waals surface area contributed by atoms with E-state index >= 15 is 8.78 Å². The number of benzene rings is 3. The summed E-state index contributed by atoms with van der Waals surface area (Å²) in [6.07, 6.45) is 0. The highest BCUT2D eigenvalue weighted by Crippen LogP contribution is 2.54. The molecule has 0 amide bonds. The first kappa shape index (κ1) is 23.6.